The van der Waals surface area contributed by atoms with Crippen molar-refractivity contribution in [1.29, 1.82) is 0 Å². The summed E-state index contributed by atoms with van der Waals surface area (Å²) in [5.74, 6) is -0.422. The number of fused-ring (bicyclic) bond motifs is 2. The third kappa shape index (κ3) is 5.45. The van der Waals surface area contributed by atoms with Gasteiger partial charge in [0.1, 0.15) is 12.6 Å². The van der Waals surface area contributed by atoms with E-state index in [9.17, 15) is 19.5 Å². The lowest BCUT2D eigenvalue weighted by molar-refractivity contribution is -0.141. The molecule has 0 aromatic heterocycles. The zero-order chi connectivity index (χ0) is 22.6. The van der Waals surface area contributed by atoms with E-state index in [4.69, 9.17) is 9.68 Å². The second-order valence-electron chi connectivity index (χ2n) is 8.69. The molecule has 10 nitrogen and oxygen atoms in total. The van der Waals surface area contributed by atoms with Crippen LogP contribution in [0.5, 0.6) is 0 Å². The van der Waals surface area contributed by atoms with Gasteiger partial charge in [0.05, 0.1) is 19.2 Å². The summed E-state index contributed by atoms with van der Waals surface area (Å²) >= 11 is 0. The Bertz CT molecular complexity index is 797. The van der Waals surface area contributed by atoms with Crippen molar-refractivity contribution >= 4 is 18.0 Å². The largest absolute Gasteiger partial charge is 0.465 e. The van der Waals surface area contributed by atoms with Crippen LogP contribution >= 0.6 is 0 Å². The third-order valence-corrected chi connectivity index (χ3v) is 5.47. The molecule has 4 amide bonds. The number of hydrogen-bond acceptors (Lipinski definition) is 5. The lowest BCUT2D eigenvalue weighted by atomic mass is 10.0. The summed E-state index contributed by atoms with van der Waals surface area (Å²) in [6.07, 6.45) is 0.0883. The van der Waals surface area contributed by atoms with Crippen LogP contribution in [0.1, 0.15) is 39.2 Å². The van der Waals surface area contributed by atoms with Gasteiger partial charge >= 0.3 is 12.1 Å². The second-order valence-corrected chi connectivity index (χ2v) is 8.69. The minimum absolute atomic E-state index is 0.00487. The lowest BCUT2D eigenvalue weighted by Gasteiger charge is -2.33. The van der Waals surface area contributed by atoms with E-state index in [1.165, 1.54) is 14.9 Å². The fourth-order valence-electron chi connectivity index (χ4n) is 3.83. The van der Waals surface area contributed by atoms with Gasteiger partial charge in [0.2, 0.25) is 0 Å². The highest BCUT2D eigenvalue weighted by Crippen LogP contribution is 2.30. The first-order valence-corrected chi connectivity index (χ1v) is 10.4. The molecule has 1 aromatic rings. The molecule has 2 bridgehead atoms. The molecule has 0 aliphatic carbocycles. The Balaban J connectivity index is 1.48. The van der Waals surface area contributed by atoms with Crippen LogP contribution in [0.4, 0.5) is 9.59 Å². The number of hydroxylamine groups is 3. The molecule has 1 aromatic carbocycles. The summed E-state index contributed by atoms with van der Waals surface area (Å²) < 4.78 is 0. The van der Waals surface area contributed by atoms with Gasteiger partial charge in [-0.15, -0.1) is 0 Å². The Hall–Kier alpha value is -2.85. The second kappa shape index (κ2) is 9.52. The summed E-state index contributed by atoms with van der Waals surface area (Å²) in [6, 6.07) is 8.51. The molecule has 10 heteroatoms. The zero-order valence-corrected chi connectivity index (χ0v) is 18.1. The minimum atomic E-state index is -1.06. The molecule has 2 aliphatic rings. The van der Waals surface area contributed by atoms with E-state index in [1.807, 2.05) is 30.3 Å². The van der Waals surface area contributed by atoms with Gasteiger partial charge in [0.25, 0.3) is 5.91 Å². The van der Waals surface area contributed by atoms with Crippen LogP contribution < -0.4 is 5.48 Å². The number of benzene rings is 1. The Morgan fingerprint density at radius 2 is 1.94 bits per heavy atom. The molecule has 2 atom stereocenters. The molecule has 31 heavy (non-hydrogen) atoms. The molecule has 2 heterocycles. The van der Waals surface area contributed by atoms with Gasteiger partial charge in [-0.05, 0) is 39.2 Å². The molecule has 0 saturated carbocycles. The summed E-state index contributed by atoms with van der Waals surface area (Å²) in [5.41, 5.74) is 2.74. The molecule has 0 spiro atoms. The van der Waals surface area contributed by atoms with Crippen LogP contribution in [0.2, 0.25) is 0 Å². The van der Waals surface area contributed by atoms with Crippen LogP contribution in [0.15, 0.2) is 30.3 Å². The van der Waals surface area contributed by atoms with E-state index >= 15 is 0 Å². The van der Waals surface area contributed by atoms with E-state index < -0.39 is 23.6 Å². The Morgan fingerprint density at radius 3 is 2.58 bits per heavy atom. The highest BCUT2D eigenvalue weighted by atomic mass is 16.7. The van der Waals surface area contributed by atoms with Crippen molar-refractivity contribution in [3.8, 4) is 0 Å². The molecule has 2 saturated heterocycles. The maximum Gasteiger partial charge on any atom is 0.407 e. The first kappa shape index (κ1) is 22.8. The van der Waals surface area contributed by atoms with Crippen molar-refractivity contribution in [2.24, 2.45) is 0 Å². The average Bonchev–Trinajstić information content (AvgIpc) is 2.95. The van der Waals surface area contributed by atoms with Gasteiger partial charge < -0.3 is 14.9 Å². The van der Waals surface area contributed by atoms with Crippen LogP contribution in [0.25, 0.3) is 0 Å². The van der Waals surface area contributed by atoms with Crippen LogP contribution in [-0.4, -0.2) is 75.3 Å². The first-order valence-electron chi connectivity index (χ1n) is 10.4. The van der Waals surface area contributed by atoms with Crippen molar-refractivity contribution in [1.82, 2.24) is 20.3 Å². The fraction of sp³-hybridized carbons (Fsp3) is 0.571. The van der Waals surface area contributed by atoms with E-state index in [2.05, 4.69) is 5.48 Å². The number of piperidine rings is 1. The predicted molar refractivity (Wildman–Crippen MR) is 111 cm³/mol. The highest BCUT2D eigenvalue weighted by molar-refractivity contribution is 5.88. The van der Waals surface area contributed by atoms with Crippen molar-refractivity contribution in [3.63, 3.8) is 0 Å². The third-order valence-electron chi connectivity index (χ3n) is 5.47. The molecule has 0 radical (unpaired) electrons. The number of carbonyl (C=O) groups is 3. The SMILES string of the molecule is CC(C)(C)N(CCONC(=O)[C@@H]1CC[C@@H]2CN1C(=O)N2OCc1ccccc1)C(=O)O. The van der Waals surface area contributed by atoms with Crippen molar-refractivity contribution < 1.29 is 29.2 Å². The number of nitrogens with one attached hydrogen (secondary N) is 1. The number of rotatable bonds is 8. The topological polar surface area (TPSA) is 112 Å². The Labute approximate surface area is 181 Å². The molecular weight excluding hydrogens is 404 g/mol. The molecule has 3 rings (SSSR count). The minimum Gasteiger partial charge on any atom is -0.465 e. The summed E-state index contributed by atoms with van der Waals surface area (Å²) in [7, 11) is 0. The zero-order valence-electron chi connectivity index (χ0n) is 18.1. The maximum absolute atomic E-state index is 12.8. The first-order chi connectivity index (χ1) is 14.7. The van der Waals surface area contributed by atoms with E-state index in [0.717, 1.165) is 5.56 Å². The van der Waals surface area contributed by atoms with E-state index in [0.29, 0.717) is 19.4 Å². The van der Waals surface area contributed by atoms with Crippen molar-refractivity contribution in [3.05, 3.63) is 35.9 Å². The van der Waals surface area contributed by atoms with Crippen molar-refractivity contribution in [2.75, 3.05) is 19.7 Å². The molecule has 170 valence electrons. The lowest BCUT2D eigenvalue weighted by Crippen LogP contribution is -2.50. The van der Waals surface area contributed by atoms with Gasteiger partial charge in [-0.2, -0.15) is 5.06 Å². The smallest absolute Gasteiger partial charge is 0.407 e. The fourth-order valence-corrected chi connectivity index (χ4v) is 3.83. The quantitative estimate of drug-likeness (QED) is 0.479. The number of nitrogens with zero attached hydrogens (tertiary/aromatic N) is 3. The standard InChI is InChI=1S/C21H30N4O6/c1-21(2,3)24(20(28)29)11-12-30-22-18(26)17-10-9-16-13-23(17)19(27)25(16)31-14-15-7-5-4-6-8-15/h4-8,16-17H,9-14H2,1-3H3,(H,22,26)(H,28,29)/t16-,17+/m1/s1. The number of amides is 4. The molecule has 2 aliphatic heterocycles. The maximum atomic E-state index is 12.8. The molecule has 2 N–H and O–H groups in total. The van der Waals surface area contributed by atoms with Gasteiger partial charge in [0, 0.05) is 12.1 Å². The van der Waals surface area contributed by atoms with Gasteiger partial charge in [-0.1, -0.05) is 30.3 Å². The average molecular weight is 434 g/mol. The Kier molecular flexibility index (Phi) is 7.01. The molecule has 0 unspecified atom stereocenters. The Morgan fingerprint density at radius 1 is 1.23 bits per heavy atom. The van der Waals surface area contributed by atoms with Gasteiger partial charge in [-0.3, -0.25) is 14.5 Å². The number of carboxylic acid groups (broad SMARTS) is 1. The van der Waals surface area contributed by atoms with E-state index in [1.54, 1.807) is 20.8 Å². The number of urea groups is 1. The monoisotopic (exact) mass is 434 g/mol. The summed E-state index contributed by atoms with van der Waals surface area (Å²) in [4.78, 5) is 50.4. The number of carbonyl (C=O) groups excluding carboxylic acids is 2. The van der Waals surface area contributed by atoms with Crippen molar-refractivity contribution in [2.45, 2.75) is 57.8 Å². The highest BCUT2D eigenvalue weighted by Gasteiger charge is 2.48. The number of hydrogen-bond donors (Lipinski definition) is 2. The van der Waals surface area contributed by atoms with Gasteiger partial charge in [-0.25, -0.2) is 15.1 Å². The van der Waals surface area contributed by atoms with Gasteiger partial charge in [0.15, 0.2) is 0 Å². The molecule has 2 fully saturated rings. The normalized spacial score (nSPS) is 20.7. The van der Waals surface area contributed by atoms with E-state index in [-0.39, 0.29) is 31.8 Å². The van der Waals surface area contributed by atoms with Crippen LogP contribution in [0, 0.1) is 0 Å². The summed E-state index contributed by atoms with van der Waals surface area (Å²) in [5, 5.41) is 10.7. The van der Waals surface area contributed by atoms with Crippen LogP contribution in [-0.2, 0) is 21.1 Å². The molecular formula is C21H30N4O6. The van der Waals surface area contributed by atoms with Crippen LogP contribution in [0.3, 0.4) is 0 Å². The predicted octanol–water partition coefficient (Wildman–Crippen LogP) is 2.21. The summed E-state index contributed by atoms with van der Waals surface area (Å²) in [6.45, 7) is 6.15.